The molecule has 0 amide bonds. The van der Waals surface area contributed by atoms with Crippen molar-refractivity contribution in [2.24, 2.45) is 4.99 Å². The Kier molecular flexibility index (Phi) is 5.02. The van der Waals surface area contributed by atoms with E-state index in [1.165, 1.54) is 12.1 Å². The SMILES string of the molecule is CC1=NC2NCC3CC2N1C(c1cc(F)cc(F)c1)OC/C=C\C1CNC2C=CN3C2N1. The molecule has 0 spiro atoms. The van der Waals surface area contributed by atoms with E-state index in [0.717, 1.165) is 31.4 Å². The maximum absolute atomic E-state index is 14.1. The Morgan fingerprint density at radius 3 is 2.78 bits per heavy atom. The highest BCUT2D eigenvalue weighted by molar-refractivity contribution is 5.82. The first kappa shape index (κ1) is 20.3. The minimum Gasteiger partial charge on any atom is -0.356 e. The van der Waals surface area contributed by atoms with Gasteiger partial charge in [-0.15, -0.1) is 0 Å². The van der Waals surface area contributed by atoms with E-state index >= 15 is 0 Å². The molecular weight excluding hydrogens is 414 g/mol. The molecule has 0 saturated carbocycles. The number of benzene rings is 1. The van der Waals surface area contributed by atoms with Crippen molar-refractivity contribution in [2.45, 2.75) is 56.1 Å². The molecule has 2 saturated heterocycles. The smallest absolute Gasteiger partial charge is 0.158 e. The van der Waals surface area contributed by atoms with Gasteiger partial charge in [-0.2, -0.15) is 0 Å². The first-order valence-corrected chi connectivity index (χ1v) is 11.3. The zero-order chi connectivity index (χ0) is 21.8. The first-order valence-electron chi connectivity index (χ1n) is 11.3. The van der Waals surface area contributed by atoms with Crippen LogP contribution in [-0.4, -0.2) is 71.8 Å². The monoisotopic (exact) mass is 442 g/mol. The number of rotatable bonds is 1. The molecule has 1 aromatic rings. The number of halogens is 2. The summed E-state index contributed by atoms with van der Waals surface area (Å²) in [7, 11) is 0. The van der Waals surface area contributed by atoms with E-state index in [1.807, 2.05) is 13.0 Å². The van der Waals surface area contributed by atoms with Gasteiger partial charge in [0.05, 0.1) is 24.9 Å². The van der Waals surface area contributed by atoms with Gasteiger partial charge in [0.2, 0.25) is 0 Å². The summed E-state index contributed by atoms with van der Waals surface area (Å²) in [6.07, 6.45) is 8.87. The molecule has 5 aliphatic heterocycles. The van der Waals surface area contributed by atoms with E-state index in [9.17, 15) is 8.78 Å². The highest BCUT2D eigenvalue weighted by Gasteiger charge is 2.46. The predicted molar refractivity (Wildman–Crippen MR) is 117 cm³/mol. The fourth-order valence-electron chi connectivity index (χ4n) is 5.74. The fraction of sp³-hybridized carbons (Fsp3) is 0.522. The van der Waals surface area contributed by atoms with E-state index in [1.54, 1.807) is 0 Å². The largest absolute Gasteiger partial charge is 0.356 e. The van der Waals surface area contributed by atoms with Crippen LogP contribution in [0.4, 0.5) is 8.78 Å². The van der Waals surface area contributed by atoms with Gasteiger partial charge in [-0.3, -0.25) is 15.6 Å². The second-order valence-electron chi connectivity index (χ2n) is 9.15. The third-order valence-electron chi connectivity index (χ3n) is 7.15. The van der Waals surface area contributed by atoms with Crippen molar-refractivity contribution >= 4 is 5.84 Å². The lowest BCUT2D eigenvalue weighted by atomic mass is 9.96. The van der Waals surface area contributed by atoms with Crippen LogP contribution in [0.1, 0.15) is 25.1 Å². The lowest BCUT2D eigenvalue weighted by Crippen LogP contribution is -2.66. The average molecular weight is 443 g/mol. The zero-order valence-electron chi connectivity index (χ0n) is 17.9. The Bertz CT molecular complexity index is 963. The second kappa shape index (κ2) is 7.91. The summed E-state index contributed by atoms with van der Waals surface area (Å²) in [6, 6.07) is 4.35. The van der Waals surface area contributed by atoms with Crippen LogP contribution in [0.5, 0.6) is 0 Å². The summed E-state index contributed by atoms with van der Waals surface area (Å²) in [4.78, 5) is 9.33. The molecule has 7 nitrogen and oxygen atoms in total. The molecule has 6 rings (SSSR count). The molecule has 0 radical (unpaired) electrons. The second-order valence-corrected chi connectivity index (χ2v) is 9.15. The third-order valence-corrected chi connectivity index (χ3v) is 7.15. The Morgan fingerprint density at radius 1 is 1.09 bits per heavy atom. The van der Waals surface area contributed by atoms with Crippen LogP contribution in [0.2, 0.25) is 0 Å². The van der Waals surface area contributed by atoms with Crippen molar-refractivity contribution in [2.75, 3.05) is 19.7 Å². The normalized spacial score (nSPS) is 39.2. The predicted octanol–water partition coefficient (Wildman–Crippen LogP) is 1.43. The summed E-state index contributed by atoms with van der Waals surface area (Å²) in [5.41, 5.74) is 0.461. The van der Waals surface area contributed by atoms with Gasteiger partial charge in [0.15, 0.2) is 6.23 Å². The molecule has 0 aliphatic carbocycles. The average Bonchev–Trinajstić information content (AvgIpc) is 3.32. The van der Waals surface area contributed by atoms with E-state index in [0.29, 0.717) is 12.2 Å². The van der Waals surface area contributed by atoms with E-state index in [-0.39, 0.29) is 36.5 Å². The summed E-state index contributed by atoms with van der Waals surface area (Å²) < 4.78 is 34.5. The molecule has 3 N–H and O–H groups in total. The van der Waals surface area contributed by atoms with Crippen molar-refractivity contribution < 1.29 is 13.5 Å². The van der Waals surface area contributed by atoms with Gasteiger partial charge >= 0.3 is 0 Å². The maximum Gasteiger partial charge on any atom is 0.158 e. The number of amidine groups is 1. The van der Waals surface area contributed by atoms with Crippen molar-refractivity contribution in [3.05, 3.63) is 59.8 Å². The molecule has 9 heteroatoms. The quantitative estimate of drug-likeness (QED) is 0.572. The Hall–Kier alpha value is -2.33. The number of hydrogen-bond donors (Lipinski definition) is 3. The minimum atomic E-state index is -0.628. The van der Waals surface area contributed by atoms with Crippen LogP contribution in [0.25, 0.3) is 0 Å². The lowest BCUT2D eigenvalue weighted by molar-refractivity contribution is -0.0427. The summed E-state index contributed by atoms with van der Waals surface area (Å²) in [5.74, 6) is -0.399. The van der Waals surface area contributed by atoms with Gasteiger partial charge in [-0.25, -0.2) is 8.78 Å². The van der Waals surface area contributed by atoms with Gasteiger partial charge in [0, 0.05) is 36.8 Å². The number of nitrogens with one attached hydrogen (secondary N) is 3. The van der Waals surface area contributed by atoms with Crippen molar-refractivity contribution in [3.8, 4) is 0 Å². The fourth-order valence-corrected chi connectivity index (χ4v) is 5.74. The first-order chi connectivity index (χ1) is 15.6. The molecule has 7 atom stereocenters. The number of hydrogen-bond acceptors (Lipinski definition) is 7. The van der Waals surface area contributed by atoms with Crippen LogP contribution in [0.15, 0.2) is 47.6 Å². The van der Waals surface area contributed by atoms with Crippen LogP contribution in [-0.2, 0) is 4.74 Å². The standard InChI is InChI=1S/C23H28F2N6O/c1-13-28-21-20-10-18(12-27-21)30-5-4-19-22(30)29-17(11-26-19)3-2-6-32-23(31(13)20)14-7-15(24)9-16(25)8-14/h2-5,7-9,17-23,26-27,29H,6,10-12H2,1H3/b3-2-. The minimum absolute atomic E-state index is 0.0228. The number of aliphatic imine (C=N–C) groups is 1. The molecule has 5 heterocycles. The Morgan fingerprint density at radius 2 is 1.94 bits per heavy atom. The highest BCUT2D eigenvalue weighted by Crippen LogP contribution is 2.36. The van der Waals surface area contributed by atoms with Crippen molar-refractivity contribution in [3.63, 3.8) is 0 Å². The number of fused-ring (bicyclic) bond motifs is 3. The number of piperazine rings is 1. The molecule has 1 aromatic carbocycles. The summed E-state index contributed by atoms with van der Waals surface area (Å²) in [6.45, 7) is 3.93. The van der Waals surface area contributed by atoms with Gasteiger partial charge in [-0.05, 0) is 37.8 Å². The van der Waals surface area contributed by atoms with E-state index < -0.39 is 17.9 Å². The number of ether oxygens (including phenoxy) is 1. The third kappa shape index (κ3) is 3.44. The van der Waals surface area contributed by atoms with Crippen molar-refractivity contribution in [1.29, 1.82) is 0 Å². The lowest BCUT2D eigenvalue weighted by Gasteiger charge is -2.46. The van der Waals surface area contributed by atoms with Crippen molar-refractivity contribution in [1.82, 2.24) is 25.8 Å². The van der Waals surface area contributed by atoms with Gasteiger partial charge in [0.25, 0.3) is 0 Å². The molecule has 2 fully saturated rings. The summed E-state index contributed by atoms with van der Waals surface area (Å²) in [5, 5.41) is 11.0. The Labute approximate surface area is 186 Å². The molecule has 7 unspecified atom stereocenters. The van der Waals surface area contributed by atoms with Gasteiger partial charge in [0.1, 0.15) is 23.6 Å². The topological polar surface area (TPSA) is 64.2 Å². The van der Waals surface area contributed by atoms with Crippen LogP contribution < -0.4 is 16.0 Å². The van der Waals surface area contributed by atoms with E-state index in [4.69, 9.17) is 9.73 Å². The molecule has 170 valence electrons. The van der Waals surface area contributed by atoms with Gasteiger partial charge < -0.3 is 19.9 Å². The molecule has 4 bridgehead atoms. The van der Waals surface area contributed by atoms with Gasteiger partial charge in [-0.1, -0.05) is 12.2 Å². The molecule has 32 heavy (non-hydrogen) atoms. The Balaban J connectivity index is 1.39. The number of nitrogens with zero attached hydrogens (tertiary/aromatic N) is 3. The van der Waals surface area contributed by atoms with Crippen LogP contribution in [0, 0.1) is 11.6 Å². The van der Waals surface area contributed by atoms with E-state index in [2.05, 4.69) is 44.1 Å². The molecule has 5 aliphatic rings. The molecule has 0 aromatic heterocycles. The summed E-state index contributed by atoms with van der Waals surface area (Å²) >= 11 is 0. The maximum atomic E-state index is 14.1. The number of piperidine rings is 1. The van der Waals surface area contributed by atoms with Crippen LogP contribution in [0.3, 0.4) is 0 Å². The zero-order valence-corrected chi connectivity index (χ0v) is 17.9. The molecular formula is C23H28F2N6O. The highest BCUT2D eigenvalue weighted by atomic mass is 19.1. The van der Waals surface area contributed by atoms with Crippen LogP contribution >= 0.6 is 0 Å².